The molecule has 0 aromatic heterocycles. The zero-order valence-electron chi connectivity index (χ0n) is 14.0. The van der Waals surface area contributed by atoms with Crippen molar-refractivity contribution in [3.63, 3.8) is 0 Å². The molecule has 0 fully saturated rings. The van der Waals surface area contributed by atoms with Crippen LogP contribution in [0.4, 0.5) is 0 Å². The van der Waals surface area contributed by atoms with Crippen molar-refractivity contribution in [3.8, 4) is 0 Å². The molecule has 116 valence electrons. The van der Waals surface area contributed by atoms with Gasteiger partial charge < -0.3 is 4.90 Å². The third-order valence-electron chi connectivity index (χ3n) is 4.19. The average molecular weight is 293 g/mol. The van der Waals surface area contributed by atoms with Crippen molar-refractivity contribution in [2.75, 3.05) is 20.1 Å². The zero-order valence-corrected chi connectivity index (χ0v) is 14.0. The first kappa shape index (κ1) is 16.5. The van der Waals surface area contributed by atoms with Crippen molar-refractivity contribution in [2.24, 2.45) is 5.92 Å². The van der Waals surface area contributed by atoms with Gasteiger partial charge in [0.05, 0.1) is 0 Å². The SMILES string of the molecule is C=C(CN(C)CC(c1ccccc1)c1ccccc1)C(C)C. The summed E-state index contributed by atoms with van der Waals surface area (Å²) in [5, 5.41) is 0. The van der Waals surface area contributed by atoms with Crippen molar-refractivity contribution in [2.45, 2.75) is 19.8 Å². The molecular formula is C21H27N. The Morgan fingerprint density at radius 2 is 1.36 bits per heavy atom. The fourth-order valence-corrected chi connectivity index (χ4v) is 2.68. The lowest BCUT2D eigenvalue weighted by atomic mass is 9.90. The molecule has 0 aliphatic carbocycles. The van der Waals surface area contributed by atoms with Crippen LogP contribution in [0.25, 0.3) is 0 Å². The van der Waals surface area contributed by atoms with Gasteiger partial charge in [0.1, 0.15) is 0 Å². The Hall–Kier alpha value is -1.86. The van der Waals surface area contributed by atoms with Gasteiger partial charge in [-0.15, -0.1) is 0 Å². The van der Waals surface area contributed by atoms with E-state index >= 15 is 0 Å². The van der Waals surface area contributed by atoms with E-state index in [1.807, 2.05) is 0 Å². The molecule has 0 atom stereocenters. The van der Waals surface area contributed by atoms with Gasteiger partial charge in [-0.2, -0.15) is 0 Å². The van der Waals surface area contributed by atoms with Gasteiger partial charge in [-0.05, 0) is 24.1 Å². The Morgan fingerprint density at radius 3 is 1.77 bits per heavy atom. The molecule has 0 bridgehead atoms. The molecule has 22 heavy (non-hydrogen) atoms. The topological polar surface area (TPSA) is 3.24 Å². The summed E-state index contributed by atoms with van der Waals surface area (Å²) < 4.78 is 0. The van der Waals surface area contributed by atoms with Crippen LogP contribution in [0.1, 0.15) is 30.9 Å². The zero-order chi connectivity index (χ0) is 15.9. The largest absolute Gasteiger partial charge is 0.302 e. The first-order valence-corrected chi connectivity index (χ1v) is 8.04. The van der Waals surface area contributed by atoms with Crippen LogP contribution in [-0.2, 0) is 0 Å². The highest BCUT2D eigenvalue weighted by molar-refractivity contribution is 5.32. The summed E-state index contributed by atoms with van der Waals surface area (Å²) in [6.07, 6.45) is 0. The molecule has 0 aliphatic rings. The van der Waals surface area contributed by atoms with Crippen LogP contribution < -0.4 is 0 Å². The number of hydrogen-bond acceptors (Lipinski definition) is 1. The monoisotopic (exact) mass is 293 g/mol. The Balaban J connectivity index is 2.17. The quantitative estimate of drug-likeness (QED) is 0.652. The van der Waals surface area contributed by atoms with E-state index in [1.165, 1.54) is 16.7 Å². The molecule has 0 radical (unpaired) electrons. The second-order valence-electron chi connectivity index (χ2n) is 6.38. The van der Waals surface area contributed by atoms with Gasteiger partial charge in [-0.1, -0.05) is 86.7 Å². The maximum absolute atomic E-state index is 4.21. The minimum atomic E-state index is 0.396. The molecular weight excluding hydrogens is 266 g/mol. The van der Waals surface area contributed by atoms with Gasteiger partial charge in [0, 0.05) is 19.0 Å². The fraction of sp³-hybridized carbons (Fsp3) is 0.333. The first-order chi connectivity index (χ1) is 10.6. The Kier molecular flexibility index (Phi) is 5.97. The van der Waals surface area contributed by atoms with Gasteiger partial charge in [0.15, 0.2) is 0 Å². The summed E-state index contributed by atoms with van der Waals surface area (Å²) in [7, 11) is 2.19. The van der Waals surface area contributed by atoms with Gasteiger partial charge in [0.2, 0.25) is 0 Å². The molecule has 2 aromatic carbocycles. The molecule has 1 nitrogen and oxygen atoms in total. The molecule has 0 amide bonds. The van der Waals surface area contributed by atoms with E-state index in [4.69, 9.17) is 0 Å². The van der Waals surface area contributed by atoms with Gasteiger partial charge in [-0.25, -0.2) is 0 Å². The molecule has 2 rings (SSSR count). The minimum Gasteiger partial charge on any atom is -0.302 e. The summed E-state index contributed by atoms with van der Waals surface area (Å²) in [5.74, 6) is 0.932. The normalized spacial score (nSPS) is 11.4. The van der Waals surface area contributed by atoms with Crippen LogP contribution >= 0.6 is 0 Å². The summed E-state index contributed by atoms with van der Waals surface area (Å²) in [4.78, 5) is 2.38. The molecule has 0 aliphatic heterocycles. The van der Waals surface area contributed by atoms with Crippen molar-refractivity contribution in [1.29, 1.82) is 0 Å². The first-order valence-electron chi connectivity index (χ1n) is 8.04. The van der Waals surface area contributed by atoms with Crippen LogP contribution in [0.15, 0.2) is 72.8 Å². The minimum absolute atomic E-state index is 0.396. The van der Waals surface area contributed by atoms with E-state index in [0.717, 1.165) is 13.1 Å². The highest BCUT2D eigenvalue weighted by atomic mass is 15.1. The second-order valence-corrected chi connectivity index (χ2v) is 6.38. The van der Waals surface area contributed by atoms with E-state index in [9.17, 15) is 0 Å². The van der Waals surface area contributed by atoms with Crippen molar-refractivity contribution >= 4 is 0 Å². The van der Waals surface area contributed by atoms with Gasteiger partial charge in [-0.3, -0.25) is 0 Å². The molecule has 0 saturated heterocycles. The molecule has 0 spiro atoms. The van der Waals surface area contributed by atoms with Gasteiger partial charge >= 0.3 is 0 Å². The van der Waals surface area contributed by atoms with Crippen LogP contribution in [0, 0.1) is 5.92 Å². The maximum Gasteiger partial charge on any atom is 0.0217 e. The van der Waals surface area contributed by atoms with Gasteiger partial charge in [0.25, 0.3) is 0 Å². The smallest absolute Gasteiger partial charge is 0.0217 e. The predicted molar refractivity (Wildman–Crippen MR) is 96.2 cm³/mol. The molecule has 2 aromatic rings. The highest BCUT2D eigenvalue weighted by Crippen LogP contribution is 2.25. The van der Waals surface area contributed by atoms with E-state index < -0.39 is 0 Å². The van der Waals surface area contributed by atoms with Crippen molar-refractivity contribution in [3.05, 3.63) is 83.9 Å². The molecule has 0 N–H and O–H groups in total. The number of hydrogen-bond donors (Lipinski definition) is 0. The van der Waals surface area contributed by atoms with Crippen molar-refractivity contribution < 1.29 is 0 Å². The molecule has 0 heterocycles. The van der Waals surface area contributed by atoms with Crippen LogP contribution in [0.2, 0.25) is 0 Å². The summed E-state index contributed by atoms with van der Waals surface area (Å²) in [6.45, 7) is 10.6. The third kappa shape index (κ3) is 4.57. The summed E-state index contributed by atoms with van der Waals surface area (Å²) in [5.41, 5.74) is 4.04. The standard InChI is InChI=1S/C21H27N/c1-17(2)18(3)15-22(4)16-21(19-11-7-5-8-12-19)20-13-9-6-10-14-20/h5-14,17,21H,3,15-16H2,1-2,4H3. The third-order valence-corrected chi connectivity index (χ3v) is 4.19. The number of nitrogens with zero attached hydrogens (tertiary/aromatic N) is 1. The van der Waals surface area contributed by atoms with Crippen LogP contribution in [0.5, 0.6) is 0 Å². The van der Waals surface area contributed by atoms with Crippen LogP contribution in [-0.4, -0.2) is 25.0 Å². The van der Waals surface area contributed by atoms with E-state index in [2.05, 4.69) is 93.0 Å². The average Bonchev–Trinajstić information content (AvgIpc) is 2.54. The maximum atomic E-state index is 4.21. The summed E-state index contributed by atoms with van der Waals surface area (Å²) in [6, 6.07) is 21.6. The lowest BCUT2D eigenvalue weighted by Gasteiger charge is -2.26. The Bertz CT molecular complexity index is 532. The molecule has 1 heteroatoms. The van der Waals surface area contributed by atoms with Crippen molar-refractivity contribution in [1.82, 2.24) is 4.90 Å². The summed E-state index contributed by atoms with van der Waals surface area (Å²) >= 11 is 0. The number of likely N-dealkylation sites (N-methyl/N-ethyl adjacent to an activating group) is 1. The van der Waals surface area contributed by atoms with E-state index in [-0.39, 0.29) is 0 Å². The lowest BCUT2D eigenvalue weighted by molar-refractivity contribution is 0.340. The molecule has 0 saturated carbocycles. The van der Waals surface area contributed by atoms with Crippen LogP contribution in [0.3, 0.4) is 0 Å². The van der Waals surface area contributed by atoms with E-state index in [1.54, 1.807) is 0 Å². The predicted octanol–water partition coefficient (Wildman–Crippen LogP) is 4.96. The number of benzene rings is 2. The number of rotatable bonds is 7. The Labute approximate surface area is 135 Å². The highest BCUT2D eigenvalue weighted by Gasteiger charge is 2.16. The lowest BCUT2D eigenvalue weighted by Crippen LogP contribution is -2.28. The Morgan fingerprint density at radius 1 is 0.909 bits per heavy atom. The molecule has 0 unspecified atom stereocenters. The van der Waals surface area contributed by atoms with E-state index in [0.29, 0.717) is 11.8 Å². The second kappa shape index (κ2) is 7.95. The fourth-order valence-electron chi connectivity index (χ4n) is 2.68.